The van der Waals surface area contributed by atoms with Crippen LogP contribution in [0.1, 0.15) is 387 Å². The maximum absolute atomic E-state index is 13.1. The molecule has 566 valence electrons. The van der Waals surface area contributed by atoms with E-state index >= 15 is 0 Å². The first-order valence-electron chi connectivity index (χ1n) is 39.6. The van der Waals surface area contributed by atoms with Crippen LogP contribution in [0.3, 0.4) is 0 Å². The van der Waals surface area contributed by atoms with Crippen molar-refractivity contribution in [1.29, 1.82) is 0 Å². The topological polar surface area (TPSA) is 237 Å². The maximum Gasteiger partial charge on any atom is 0.472 e. The molecule has 17 nitrogen and oxygen atoms in total. The molecule has 0 saturated heterocycles. The largest absolute Gasteiger partial charge is 0.472 e. The predicted octanol–water partition coefficient (Wildman–Crippen LogP) is 22.6. The fourth-order valence-electron chi connectivity index (χ4n) is 11.4. The summed E-state index contributed by atoms with van der Waals surface area (Å²) in [6, 6.07) is 0. The van der Waals surface area contributed by atoms with E-state index < -0.39 is 97.5 Å². The number of aliphatic hydroxyl groups is 1. The monoisotopic (exact) mass is 1410 g/mol. The van der Waals surface area contributed by atoms with Gasteiger partial charge < -0.3 is 33.8 Å². The second kappa shape index (κ2) is 71.0. The molecule has 0 aliphatic heterocycles. The van der Waals surface area contributed by atoms with E-state index in [-0.39, 0.29) is 25.7 Å². The van der Waals surface area contributed by atoms with Gasteiger partial charge in [-0.25, -0.2) is 9.13 Å². The van der Waals surface area contributed by atoms with Crippen LogP contribution in [0.15, 0.2) is 24.3 Å². The average molecular weight is 1410 g/mol. The molecule has 0 aliphatic rings. The number of phosphoric acid groups is 2. The van der Waals surface area contributed by atoms with Crippen molar-refractivity contribution in [3.05, 3.63) is 24.3 Å². The van der Waals surface area contributed by atoms with Crippen LogP contribution in [0.5, 0.6) is 0 Å². The molecule has 0 aliphatic carbocycles. The van der Waals surface area contributed by atoms with Gasteiger partial charge in [0.15, 0.2) is 12.2 Å². The van der Waals surface area contributed by atoms with E-state index in [0.717, 1.165) is 109 Å². The minimum Gasteiger partial charge on any atom is -0.462 e. The SMILES string of the molecule is CCCCCC/C=C\C=C/CCCCCCCC(=O)O[C@H](COC(=O)CCCCCCC)COP(=O)(O)OC[C@H](O)COP(=O)(O)OC[C@@H](COC(=O)CCCCCCCCCCCCCCCCCCCC)OC(=O)CCCCCCCCCCCCCCCCCCCC. The van der Waals surface area contributed by atoms with Gasteiger partial charge in [-0.15, -0.1) is 0 Å². The number of rotatable bonds is 76. The molecule has 0 spiro atoms. The van der Waals surface area contributed by atoms with E-state index in [2.05, 4.69) is 52.0 Å². The van der Waals surface area contributed by atoms with Crippen LogP contribution in [0.4, 0.5) is 0 Å². The highest BCUT2D eigenvalue weighted by molar-refractivity contribution is 7.47. The first kappa shape index (κ1) is 93.5. The Balaban J connectivity index is 5.16. The van der Waals surface area contributed by atoms with Crippen LogP contribution in [-0.2, 0) is 65.4 Å². The van der Waals surface area contributed by atoms with Crippen molar-refractivity contribution in [3.8, 4) is 0 Å². The minimum absolute atomic E-state index is 0.0846. The fraction of sp³-hybridized carbons (Fsp3) is 0.896. The molecular formula is C77H146O17P2. The summed E-state index contributed by atoms with van der Waals surface area (Å²) in [5, 5.41) is 10.6. The molecule has 0 heterocycles. The summed E-state index contributed by atoms with van der Waals surface area (Å²) in [5.41, 5.74) is 0. The Morgan fingerprint density at radius 1 is 0.292 bits per heavy atom. The van der Waals surface area contributed by atoms with E-state index in [4.69, 9.17) is 37.0 Å². The zero-order chi connectivity index (χ0) is 70.4. The number of phosphoric ester groups is 2. The lowest BCUT2D eigenvalue weighted by Gasteiger charge is -2.21. The van der Waals surface area contributed by atoms with Crippen LogP contribution >= 0.6 is 15.6 Å². The lowest BCUT2D eigenvalue weighted by molar-refractivity contribution is -0.161. The number of esters is 4. The first-order chi connectivity index (χ1) is 46.7. The van der Waals surface area contributed by atoms with Gasteiger partial charge in [0.25, 0.3) is 0 Å². The lowest BCUT2D eigenvalue weighted by atomic mass is 10.0. The molecule has 96 heavy (non-hydrogen) atoms. The molecule has 0 fully saturated rings. The highest BCUT2D eigenvalue weighted by Gasteiger charge is 2.30. The van der Waals surface area contributed by atoms with E-state index in [9.17, 15) is 43.2 Å². The molecule has 0 saturated carbocycles. The van der Waals surface area contributed by atoms with Crippen LogP contribution in [-0.4, -0.2) is 96.7 Å². The molecule has 0 aromatic heterocycles. The van der Waals surface area contributed by atoms with Gasteiger partial charge in [0, 0.05) is 25.7 Å². The van der Waals surface area contributed by atoms with Crippen molar-refractivity contribution in [3.63, 3.8) is 0 Å². The Morgan fingerprint density at radius 3 is 0.760 bits per heavy atom. The van der Waals surface area contributed by atoms with Gasteiger partial charge in [-0.2, -0.15) is 0 Å². The normalized spacial score (nSPS) is 14.0. The third-order valence-electron chi connectivity index (χ3n) is 17.5. The molecule has 19 heteroatoms. The standard InChI is InChI=1S/C77H146O17P2/c1-5-9-13-17-20-23-26-29-32-34-36-39-41-44-47-50-54-58-62-75(80)88-68-73(94-77(82)64-60-56-52-49-46-43-40-37-35-33-30-27-24-21-18-14-10-6-2)70-92-96(85,86)90-66-71(78)65-89-95(83,84)91-69-72(67-87-74(79)61-57-53-16-12-8-4)93-76(81)63-59-55-51-48-45-42-38-31-28-25-22-19-15-11-7-3/h25,28,31,38,71-73,78H,5-24,26-27,29-30,32-37,39-70H2,1-4H3,(H,83,84)(H,85,86)/b28-25-,38-31-/t71-,72+,73+/m0/s1. The summed E-state index contributed by atoms with van der Waals surface area (Å²) in [5.74, 6) is -2.15. The van der Waals surface area contributed by atoms with Crippen LogP contribution in [0, 0.1) is 0 Å². The second-order valence-electron chi connectivity index (χ2n) is 27.1. The summed E-state index contributed by atoms with van der Waals surface area (Å²) < 4.78 is 68.3. The van der Waals surface area contributed by atoms with Gasteiger partial charge in [-0.05, 0) is 51.4 Å². The highest BCUT2D eigenvalue weighted by atomic mass is 31.2. The number of hydrogen-bond acceptors (Lipinski definition) is 15. The molecule has 0 radical (unpaired) electrons. The van der Waals surface area contributed by atoms with Crippen molar-refractivity contribution in [2.75, 3.05) is 39.6 Å². The molecule has 2 unspecified atom stereocenters. The van der Waals surface area contributed by atoms with Crippen molar-refractivity contribution < 1.29 is 80.2 Å². The second-order valence-corrected chi connectivity index (χ2v) is 30.0. The Kier molecular flexibility index (Phi) is 69.1. The number of ether oxygens (including phenoxy) is 4. The van der Waals surface area contributed by atoms with Crippen molar-refractivity contribution in [2.45, 2.75) is 406 Å². The van der Waals surface area contributed by atoms with Crippen LogP contribution < -0.4 is 0 Å². The van der Waals surface area contributed by atoms with Crippen molar-refractivity contribution >= 4 is 39.5 Å². The van der Waals surface area contributed by atoms with Crippen LogP contribution in [0.25, 0.3) is 0 Å². The summed E-state index contributed by atoms with van der Waals surface area (Å²) >= 11 is 0. The smallest absolute Gasteiger partial charge is 0.462 e. The van der Waals surface area contributed by atoms with Gasteiger partial charge in [-0.1, -0.05) is 335 Å². The lowest BCUT2D eigenvalue weighted by Crippen LogP contribution is -2.30. The molecule has 0 amide bonds. The Hall–Kier alpha value is -2.46. The van der Waals surface area contributed by atoms with Gasteiger partial charge in [0.05, 0.1) is 26.4 Å². The third-order valence-corrected chi connectivity index (χ3v) is 19.4. The van der Waals surface area contributed by atoms with Crippen molar-refractivity contribution in [1.82, 2.24) is 0 Å². The quantitative estimate of drug-likeness (QED) is 0.0169. The summed E-state index contributed by atoms with van der Waals surface area (Å²) in [6.45, 7) is 4.84. The number of aliphatic hydroxyl groups excluding tert-OH is 1. The summed E-state index contributed by atoms with van der Waals surface area (Å²) in [4.78, 5) is 72.5. The van der Waals surface area contributed by atoms with Gasteiger partial charge in [0.1, 0.15) is 19.3 Å². The summed E-state index contributed by atoms with van der Waals surface area (Å²) in [6.07, 6.45) is 65.1. The highest BCUT2D eigenvalue weighted by Crippen LogP contribution is 2.45. The number of unbranched alkanes of at least 4 members (excludes halogenated alkanes) is 47. The molecular weight excluding hydrogens is 1260 g/mol. The first-order valence-corrected chi connectivity index (χ1v) is 42.6. The molecule has 0 aromatic rings. The van der Waals surface area contributed by atoms with Crippen LogP contribution in [0.2, 0.25) is 0 Å². The van der Waals surface area contributed by atoms with E-state index in [1.807, 2.05) is 0 Å². The van der Waals surface area contributed by atoms with Gasteiger partial charge in [-0.3, -0.25) is 37.3 Å². The molecule has 0 aromatic carbocycles. The van der Waals surface area contributed by atoms with Gasteiger partial charge >= 0.3 is 39.5 Å². The van der Waals surface area contributed by atoms with E-state index in [1.54, 1.807) is 0 Å². The van der Waals surface area contributed by atoms with E-state index in [0.29, 0.717) is 25.7 Å². The molecule has 5 atom stereocenters. The Bertz CT molecular complexity index is 1920. The van der Waals surface area contributed by atoms with E-state index in [1.165, 1.54) is 199 Å². The number of carbonyl (C=O) groups is 4. The fourth-order valence-corrected chi connectivity index (χ4v) is 13.0. The molecule has 0 rings (SSSR count). The zero-order valence-electron chi connectivity index (χ0n) is 61.8. The Labute approximate surface area is 586 Å². The third kappa shape index (κ3) is 70.0. The maximum atomic E-state index is 13.1. The molecule has 3 N–H and O–H groups in total. The number of allylic oxidation sites excluding steroid dienone is 4. The summed E-state index contributed by atoms with van der Waals surface area (Å²) in [7, 11) is -9.91. The van der Waals surface area contributed by atoms with Crippen molar-refractivity contribution in [2.24, 2.45) is 0 Å². The zero-order valence-corrected chi connectivity index (χ0v) is 63.6. The predicted molar refractivity (Wildman–Crippen MR) is 391 cm³/mol. The van der Waals surface area contributed by atoms with Gasteiger partial charge in [0.2, 0.25) is 0 Å². The number of hydrogen-bond donors (Lipinski definition) is 3. The average Bonchev–Trinajstić information content (AvgIpc) is 1.28. The minimum atomic E-state index is -4.96. The molecule has 0 bridgehead atoms. The Morgan fingerprint density at radius 2 is 0.500 bits per heavy atom. The number of carbonyl (C=O) groups excluding carboxylic acids is 4.